The maximum absolute atomic E-state index is 12.3. The minimum absolute atomic E-state index is 0.141. The van der Waals surface area contributed by atoms with Crippen molar-refractivity contribution in [3.63, 3.8) is 0 Å². The molecule has 0 saturated heterocycles. The second-order valence-electron chi connectivity index (χ2n) is 6.54. The number of hydrogen-bond donors (Lipinski definition) is 1. The third kappa shape index (κ3) is 4.51. The molecule has 3 rings (SSSR count). The Morgan fingerprint density at radius 2 is 1.89 bits per heavy atom. The highest BCUT2D eigenvalue weighted by Crippen LogP contribution is 2.29. The molecule has 0 radical (unpaired) electrons. The number of aromatic nitrogens is 1. The number of benzene rings is 2. The third-order valence-electron chi connectivity index (χ3n) is 4.15. The van der Waals surface area contributed by atoms with Crippen LogP contribution in [0, 0.1) is 0 Å². The third-order valence-corrected chi connectivity index (χ3v) is 7.26. The van der Waals surface area contributed by atoms with Crippen molar-refractivity contribution in [1.29, 1.82) is 0 Å². The van der Waals surface area contributed by atoms with Crippen LogP contribution in [0.3, 0.4) is 0 Å². The molecule has 1 N–H and O–H groups in total. The van der Waals surface area contributed by atoms with Crippen LogP contribution < -0.4 is 10.1 Å². The summed E-state index contributed by atoms with van der Waals surface area (Å²) in [6.07, 6.45) is 0.141. The zero-order chi connectivity index (χ0) is 20.3. The van der Waals surface area contributed by atoms with Crippen molar-refractivity contribution >= 4 is 42.4 Å². The maximum atomic E-state index is 12.3. The number of carbonyl (C=O) groups excluding carboxylic acids is 1. The van der Waals surface area contributed by atoms with Crippen molar-refractivity contribution in [2.75, 3.05) is 11.9 Å². The summed E-state index contributed by atoms with van der Waals surface area (Å²) in [5, 5.41) is 2.84. The van der Waals surface area contributed by atoms with Gasteiger partial charge < -0.3 is 10.1 Å². The van der Waals surface area contributed by atoms with Gasteiger partial charge in [0.05, 0.1) is 33.4 Å². The predicted octanol–water partition coefficient (Wildman–Crippen LogP) is 4.06. The standard InChI is InChI=1S/C20H22N2O4S2/c1-4-26-15-7-10-17-18(12-15)27-20(21-17)22-19(23)11-14-5-8-16(9-6-14)28(24,25)13(2)3/h5-10,12-13H,4,11H2,1-3H3,(H,21,22,23). The van der Waals surface area contributed by atoms with Crippen molar-refractivity contribution < 1.29 is 17.9 Å². The first-order valence-electron chi connectivity index (χ1n) is 8.95. The minimum Gasteiger partial charge on any atom is -0.494 e. The average molecular weight is 419 g/mol. The van der Waals surface area contributed by atoms with Crippen LogP contribution in [0.2, 0.25) is 0 Å². The molecule has 0 atom stereocenters. The molecule has 0 spiro atoms. The number of rotatable bonds is 7. The summed E-state index contributed by atoms with van der Waals surface area (Å²) < 4.78 is 30.7. The number of hydrogen-bond acceptors (Lipinski definition) is 6. The van der Waals surface area contributed by atoms with E-state index in [-0.39, 0.29) is 17.2 Å². The van der Waals surface area contributed by atoms with Gasteiger partial charge in [0.2, 0.25) is 5.91 Å². The lowest BCUT2D eigenvalue weighted by Gasteiger charge is -2.08. The van der Waals surface area contributed by atoms with Crippen LogP contribution in [0.15, 0.2) is 47.4 Å². The van der Waals surface area contributed by atoms with E-state index in [4.69, 9.17) is 4.74 Å². The van der Waals surface area contributed by atoms with E-state index >= 15 is 0 Å². The SMILES string of the molecule is CCOc1ccc2nc(NC(=O)Cc3ccc(S(=O)(=O)C(C)C)cc3)sc2c1. The largest absolute Gasteiger partial charge is 0.494 e. The van der Waals surface area contributed by atoms with Crippen LogP contribution >= 0.6 is 11.3 Å². The second kappa shape index (κ2) is 8.28. The van der Waals surface area contributed by atoms with Gasteiger partial charge >= 0.3 is 0 Å². The summed E-state index contributed by atoms with van der Waals surface area (Å²) in [7, 11) is -3.31. The zero-order valence-electron chi connectivity index (χ0n) is 15.9. The van der Waals surface area contributed by atoms with Gasteiger partial charge in [-0.2, -0.15) is 0 Å². The average Bonchev–Trinajstić information content (AvgIpc) is 3.03. The Kier molecular flexibility index (Phi) is 6.00. The number of ether oxygens (including phenoxy) is 1. The summed E-state index contributed by atoms with van der Waals surface area (Å²) in [5.74, 6) is 0.566. The number of amides is 1. The number of nitrogens with zero attached hydrogens (tertiary/aromatic N) is 1. The normalized spacial score (nSPS) is 11.7. The van der Waals surface area contributed by atoms with Crippen LogP contribution in [-0.4, -0.2) is 31.2 Å². The molecule has 0 fully saturated rings. The fourth-order valence-corrected chi connectivity index (χ4v) is 4.60. The predicted molar refractivity (Wildman–Crippen MR) is 112 cm³/mol. The van der Waals surface area contributed by atoms with Gasteiger partial charge in [-0.15, -0.1) is 0 Å². The van der Waals surface area contributed by atoms with E-state index in [9.17, 15) is 13.2 Å². The molecule has 0 unspecified atom stereocenters. The Morgan fingerprint density at radius 3 is 2.54 bits per heavy atom. The number of carbonyl (C=O) groups is 1. The summed E-state index contributed by atoms with van der Waals surface area (Å²) in [4.78, 5) is 17.0. The summed E-state index contributed by atoms with van der Waals surface area (Å²) >= 11 is 1.38. The van der Waals surface area contributed by atoms with Gasteiger partial charge in [0.25, 0.3) is 0 Å². The zero-order valence-corrected chi connectivity index (χ0v) is 17.6. The van der Waals surface area contributed by atoms with Gasteiger partial charge in [-0.1, -0.05) is 23.5 Å². The maximum Gasteiger partial charge on any atom is 0.230 e. The van der Waals surface area contributed by atoms with Gasteiger partial charge in [-0.3, -0.25) is 4.79 Å². The molecule has 0 saturated carbocycles. The van der Waals surface area contributed by atoms with Crippen LogP contribution in [0.25, 0.3) is 10.2 Å². The highest BCUT2D eigenvalue weighted by Gasteiger charge is 2.19. The van der Waals surface area contributed by atoms with Gasteiger partial charge in [-0.25, -0.2) is 13.4 Å². The van der Waals surface area contributed by atoms with E-state index in [2.05, 4.69) is 10.3 Å². The number of nitrogens with one attached hydrogen (secondary N) is 1. The smallest absolute Gasteiger partial charge is 0.230 e. The molecule has 0 aliphatic heterocycles. The summed E-state index contributed by atoms with van der Waals surface area (Å²) in [5.41, 5.74) is 1.53. The first-order chi connectivity index (χ1) is 13.3. The molecule has 2 aromatic carbocycles. The highest BCUT2D eigenvalue weighted by atomic mass is 32.2. The first kappa shape index (κ1) is 20.3. The lowest BCUT2D eigenvalue weighted by Crippen LogP contribution is -2.15. The molecule has 8 heteroatoms. The fourth-order valence-electron chi connectivity index (χ4n) is 2.63. The number of sulfone groups is 1. The Morgan fingerprint density at radius 1 is 1.18 bits per heavy atom. The molecule has 6 nitrogen and oxygen atoms in total. The summed E-state index contributed by atoms with van der Waals surface area (Å²) in [6, 6.07) is 12.0. The van der Waals surface area contributed by atoms with Crippen molar-refractivity contribution in [3.8, 4) is 5.75 Å². The van der Waals surface area contributed by atoms with E-state index in [1.165, 1.54) is 11.3 Å². The number of anilines is 1. The van der Waals surface area contributed by atoms with E-state index in [1.807, 2.05) is 25.1 Å². The van der Waals surface area contributed by atoms with Crippen molar-refractivity contribution in [2.24, 2.45) is 0 Å². The van der Waals surface area contributed by atoms with E-state index < -0.39 is 15.1 Å². The van der Waals surface area contributed by atoms with Crippen molar-refractivity contribution in [3.05, 3.63) is 48.0 Å². The fraction of sp³-hybridized carbons (Fsp3) is 0.300. The second-order valence-corrected chi connectivity index (χ2v) is 10.1. The molecule has 1 aromatic heterocycles. The number of thiazole rings is 1. The van der Waals surface area contributed by atoms with E-state index in [0.29, 0.717) is 11.7 Å². The van der Waals surface area contributed by atoms with Crippen molar-refractivity contribution in [1.82, 2.24) is 4.98 Å². The van der Waals surface area contributed by atoms with Gasteiger partial charge in [0.1, 0.15) is 5.75 Å². The molecule has 1 amide bonds. The lowest BCUT2D eigenvalue weighted by molar-refractivity contribution is -0.115. The molecule has 1 heterocycles. The molecule has 0 aliphatic rings. The Hall–Kier alpha value is -2.45. The Bertz CT molecular complexity index is 1090. The molecular formula is C20H22N2O4S2. The Labute approximate surface area is 168 Å². The van der Waals surface area contributed by atoms with Crippen LogP contribution in [0.4, 0.5) is 5.13 Å². The van der Waals surface area contributed by atoms with Crippen LogP contribution in [0.5, 0.6) is 5.75 Å². The Balaban J connectivity index is 1.68. The van der Waals surface area contributed by atoms with Crippen molar-refractivity contribution in [2.45, 2.75) is 37.3 Å². The molecule has 0 aliphatic carbocycles. The summed E-state index contributed by atoms with van der Waals surface area (Å²) in [6.45, 7) is 5.80. The van der Waals surface area contributed by atoms with Crippen LogP contribution in [0.1, 0.15) is 26.3 Å². The first-order valence-corrected chi connectivity index (χ1v) is 11.3. The van der Waals surface area contributed by atoms with Gasteiger partial charge in [0, 0.05) is 0 Å². The highest BCUT2D eigenvalue weighted by molar-refractivity contribution is 7.92. The van der Waals surface area contributed by atoms with Gasteiger partial charge in [-0.05, 0) is 56.7 Å². The lowest BCUT2D eigenvalue weighted by atomic mass is 10.1. The topological polar surface area (TPSA) is 85.4 Å². The molecular weight excluding hydrogens is 396 g/mol. The van der Waals surface area contributed by atoms with E-state index in [1.54, 1.807) is 38.1 Å². The number of fused-ring (bicyclic) bond motifs is 1. The van der Waals surface area contributed by atoms with Crippen LogP contribution in [-0.2, 0) is 21.1 Å². The quantitative estimate of drug-likeness (QED) is 0.625. The van der Waals surface area contributed by atoms with E-state index in [0.717, 1.165) is 21.5 Å². The molecule has 148 valence electrons. The minimum atomic E-state index is -3.31. The molecule has 3 aromatic rings. The monoisotopic (exact) mass is 418 g/mol. The molecule has 28 heavy (non-hydrogen) atoms. The van der Waals surface area contributed by atoms with Gasteiger partial charge in [0.15, 0.2) is 15.0 Å². The molecule has 0 bridgehead atoms.